The lowest BCUT2D eigenvalue weighted by molar-refractivity contribution is 0.263. The zero-order chi connectivity index (χ0) is 11.8. The van der Waals surface area contributed by atoms with E-state index in [0.717, 1.165) is 19.3 Å². The number of aliphatic hydroxyl groups excluding tert-OH is 1. The van der Waals surface area contributed by atoms with E-state index in [4.69, 9.17) is 5.11 Å². The minimum absolute atomic E-state index is 0.263. The molecule has 2 unspecified atom stereocenters. The molecule has 2 atom stereocenters. The first-order valence-electron chi connectivity index (χ1n) is 6.13. The molecule has 1 aromatic rings. The van der Waals surface area contributed by atoms with Crippen LogP contribution in [0, 0.1) is 0 Å². The van der Waals surface area contributed by atoms with Crippen LogP contribution in [-0.4, -0.2) is 23.8 Å². The van der Waals surface area contributed by atoms with E-state index < -0.39 is 0 Å². The molecule has 0 saturated carbocycles. The highest BCUT2D eigenvalue weighted by atomic mass is 16.3. The Morgan fingerprint density at radius 3 is 2.31 bits per heavy atom. The van der Waals surface area contributed by atoms with E-state index in [2.05, 4.69) is 49.5 Å². The maximum absolute atomic E-state index is 8.82. The Labute approximate surface area is 98.7 Å². The van der Waals surface area contributed by atoms with Gasteiger partial charge >= 0.3 is 0 Å². The first-order chi connectivity index (χ1) is 7.72. The molecule has 0 aromatic heterocycles. The average molecular weight is 221 g/mol. The van der Waals surface area contributed by atoms with Gasteiger partial charge in [-0.25, -0.2) is 0 Å². The van der Waals surface area contributed by atoms with Gasteiger partial charge in [0.15, 0.2) is 0 Å². The van der Waals surface area contributed by atoms with Crippen LogP contribution in [0.5, 0.6) is 0 Å². The third-order valence-electron chi connectivity index (χ3n) is 2.84. The Bertz CT molecular complexity index is 273. The van der Waals surface area contributed by atoms with Crippen LogP contribution in [0.25, 0.3) is 0 Å². The van der Waals surface area contributed by atoms with Crippen LogP contribution in [0.1, 0.15) is 32.3 Å². The van der Waals surface area contributed by atoms with Gasteiger partial charge in [-0.1, -0.05) is 30.3 Å². The first kappa shape index (κ1) is 13.2. The van der Waals surface area contributed by atoms with E-state index >= 15 is 0 Å². The Morgan fingerprint density at radius 1 is 1.06 bits per heavy atom. The van der Waals surface area contributed by atoms with Crippen molar-refractivity contribution in [2.75, 3.05) is 6.61 Å². The van der Waals surface area contributed by atoms with Gasteiger partial charge in [-0.3, -0.25) is 0 Å². The standard InChI is InChI=1S/C14H23NO/c1-12(15-13(2)10-11-16)8-9-14-6-4-3-5-7-14/h3-7,12-13,15-16H,8-11H2,1-2H3. The summed E-state index contributed by atoms with van der Waals surface area (Å²) in [7, 11) is 0. The summed E-state index contributed by atoms with van der Waals surface area (Å²) in [5.74, 6) is 0. The van der Waals surface area contributed by atoms with Gasteiger partial charge in [0, 0.05) is 18.7 Å². The van der Waals surface area contributed by atoms with Crippen molar-refractivity contribution in [1.82, 2.24) is 5.32 Å². The fourth-order valence-electron chi connectivity index (χ4n) is 1.87. The lowest BCUT2D eigenvalue weighted by atomic mass is 10.1. The highest BCUT2D eigenvalue weighted by Crippen LogP contribution is 2.05. The second kappa shape index (κ2) is 7.42. The predicted octanol–water partition coefficient (Wildman–Crippen LogP) is 2.37. The molecule has 0 aliphatic rings. The molecular weight excluding hydrogens is 198 g/mol. The van der Waals surface area contributed by atoms with Gasteiger partial charge in [-0.15, -0.1) is 0 Å². The van der Waals surface area contributed by atoms with Crippen molar-refractivity contribution < 1.29 is 5.11 Å². The average Bonchev–Trinajstić information content (AvgIpc) is 2.28. The predicted molar refractivity (Wildman–Crippen MR) is 68.5 cm³/mol. The molecule has 0 saturated heterocycles. The van der Waals surface area contributed by atoms with Crippen molar-refractivity contribution in [3.8, 4) is 0 Å². The molecule has 0 fully saturated rings. The number of hydrogen-bond donors (Lipinski definition) is 2. The van der Waals surface area contributed by atoms with E-state index in [1.807, 2.05) is 0 Å². The van der Waals surface area contributed by atoms with Gasteiger partial charge < -0.3 is 10.4 Å². The summed E-state index contributed by atoms with van der Waals surface area (Å²) in [6.45, 7) is 4.59. The molecule has 0 aliphatic carbocycles. The highest BCUT2D eigenvalue weighted by molar-refractivity contribution is 5.14. The Hall–Kier alpha value is -0.860. The van der Waals surface area contributed by atoms with E-state index in [9.17, 15) is 0 Å². The molecule has 16 heavy (non-hydrogen) atoms. The third-order valence-corrected chi connectivity index (χ3v) is 2.84. The molecule has 0 heterocycles. The van der Waals surface area contributed by atoms with E-state index in [1.165, 1.54) is 5.56 Å². The van der Waals surface area contributed by atoms with Gasteiger partial charge in [0.25, 0.3) is 0 Å². The zero-order valence-electron chi connectivity index (χ0n) is 10.3. The van der Waals surface area contributed by atoms with E-state index in [1.54, 1.807) is 0 Å². The van der Waals surface area contributed by atoms with Crippen LogP contribution in [0.3, 0.4) is 0 Å². The fourth-order valence-corrected chi connectivity index (χ4v) is 1.87. The van der Waals surface area contributed by atoms with Crippen LogP contribution in [-0.2, 0) is 6.42 Å². The maximum Gasteiger partial charge on any atom is 0.0445 e. The fraction of sp³-hybridized carbons (Fsp3) is 0.571. The molecule has 0 amide bonds. The number of rotatable bonds is 7. The quantitative estimate of drug-likeness (QED) is 0.741. The molecular formula is C14H23NO. The van der Waals surface area contributed by atoms with Gasteiger partial charge in [-0.05, 0) is 38.7 Å². The summed E-state index contributed by atoms with van der Waals surface area (Å²) in [6.07, 6.45) is 3.08. The summed E-state index contributed by atoms with van der Waals surface area (Å²) in [5.41, 5.74) is 1.39. The highest BCUT2D eigenvalue weighted by Gasteiger charge is 2.06. The van der Waals surface area contributed by atoms with Crippen molar-refractivity contribution in [3.63, 3.8) is 0 Å². The molecule has 1 aromatic carbocycles. The Morgan fingerprint density at radius 2 is 1.69 bits per heavy atom. The van der Waals surface area contributed by atoms with Gasteiger partial charge in [0.2, 0.25) is 0 Å². The van der Waals surface area contributed by atoms with Crippen LogP contribution in [0.4, 0.5) is 0 Å². The molecule has 0 spiro atoms. The van der Waals surface area contributed by atoms with Crippen LogP contribution in [0.2, 0.25) is 0 Å². The van der Waals surface area contributed by atoms with Gasteiger partial charge in [0.05, 0.1) is 0 Å². The molecule has 1 rings (SSSR count). The Balaban J connectivity index is 2.22. The summed E-state index contributed by atoms with van der Waals surface area (Å²) in [4.78, 5) is 0. The van der Waals surface area contributed by atoms with Crippen LogP contribution in [0.15, 0.2) is 30.3 Å². The molecule has 0 aliphatic heterocycles. The van der Waals surface area contributed by atoms with Gasteiger partial charge in [-0.2, -0.15) is 0 Å². The molecule has 2 nitrogen and oxygen atoms in total. The lowest BCUT2D eigenvalue weighted by Crippen LogP contribution is -2.35. The second-order valence-electron chi connectivity index (χ2n) is 4.51. The monoisotopic (exact) mass is 221 g/mol. The van der Waals surface area contributed by atoms with Crippen molar-refractivity contribution in [2.24, 2.45) is 0 Å². The zero-order valence-corrected chi connectivity index (χ0v) is 10.3. The van der Waals surface area contributed by atoms with Gasteiger partial charge in [0.1, 0.15) is 0 Å². The number of hydrogen-bond acceptors (Lipinski definition) is 2. The topological polar surface area (TPSA) is 32.3 Å². The van der Waals surface area contributed by atoms with Crippen molar-refractivity contribution in [3.05, 3.63) is 35.9 Å². The maximum atomic E-state index is 8.82. The summed E-state index contributed by atoms with van der Waals surface area (Å²) in [6, 6.07) is 11.5. The minimum Gasteiger partial charge on any atom is -0.396 e. The van der Waals surface area contributed by atoms with Crippen LogP contribution >= 0.6 is 0 Å². The number of aliphatic hydroxyl groups is 1. The SMILES string of the molecule is CC(CCO)NC(C)CCc1ccccc1. The van der Waals surface area contributed by atoms with Crippen molar-refractivity contribution in [2.45, 2.75) is 45.2 Å². The second-order valence-corrected chi connectivity index (χ2v) is 4.51. The molecule has 2 N–H and O–H groups in total. The van der Waals surface area contributed by atoms with Crippen LogP contribution < -0.4 is 5.32 Å². The third kappa shape index (κ3) is 5.29. The smallest absolute Gasteiger partial charge is 0.0445 e. The van der Waals surface area contributed by atoms with E-state index in [0.29, 0.717) is 12.1 Å². The summed E-state index contributed by atoms with van der Waals surface area (Å²) in [5, 5.41) is 12.3. The molecule has 0 bridgehead atoms. The Kier molecular flexibility index (Phi) is 6.12. The molecule has 90 valence electrons. The lowest BCUT2D eigenvalue weighted by Gasteiger charge is -2.19. The summed E-state index contributed by atoms with van der Waals surface area (Å²) >= 11 is 0. The summed E-state index contributed by atoms with van der Waals surface area (Å²) < 4.78 is 0. The molecule has 2 heteroatoms. The first-order valence-corrected chi connectivity index (χ1v) is 6.13. The van der Waals surface area contributed by atoms with Crippen molar-refractivity contribution in [1.29, 1.82) is 0 Å². The number of nitrogens with one attached hydrogen (secondary N) is 1. The largest absolute Gasteiger partial charge is 0.396 e. The normalized spacial score (nSPS) is 14.7. The minimum atomic E-state index is 0.263. The van der Waals surface area contributed by atoms with E-state index in [-0.39, 0.29) is 6.61 Å². The number of aryl methyl sites for hydroxylation is 1. The molecule has 0 radical (unpaired) electrons. The van der Waals surface area contributed by atoms with Crippen molar-refractivity contribution >= 4 is 0 Å². The number of benzene rings is 1.